The van der Waals surface area contributed by atoms with E-state index in [-0.39, 0.29) is 24.3 Å². The Kier molecular flexibility index (Phi) is 3.94. The molecule has 1 heterocycles. The average Bonchev–Trinajstić information content (AvgIpc) is 2.32. The van der Waals surface area contributed by atoms with Crippen molar-refractivity contribution in [3.63, 3.8) is 0 Å². The van der Waals surface area contributed by atoms with E-state index in [2.05, 4.69) is 10.6 Å². The lowest BCUT2D eigenvalue weighted by molar-refractivity contribution is -0.678. The Morgan fingerprint density at radius 2 is 2.39 bits per heavy atom. The van der Waals surface area contributed by atoms with Gasteiger partial charge in [-0.05, 0) is 24.6 Å². The zero-order valence-electron chi connectivity index (χ0n) is 10.4. The highest BCUT2D eigenvalue weighted by atomic mass is 16.2. The molecule has 0 aliphatic carbocycles. The molecule has 1 aliphatic heterocycles. The Morgan fingerprint density at radius 3 is 3.11 bits per heavy atom. The van der Waals surface area contributed by atoms with Crippen molar-refractivity contribution < 1.29 is 14.9 Å². The summed E-state index contributed by atoms with van der Waals surface area (Å²) >= 11 is 0. The smallest absolute Gasteiger partial charge is 0.278 e. The molecule has 1 fully saturated rings. The fraction of sp³-hybridized carbons (Fsp3) is 0.385. The number of hydrogen-bond donors (Lipinski definition) is 3. The van der Waals surface area contributed by atoms with Crippen molar-refractivity contribution in [1.29, 1.82) is 0 Å². The fourth-order valence-electron chi connectivity index (χ4n) is 2.03. The maximum Gasteiger partial charge on any atom is 0.278 e. The number of anilines is 1. The van der Waals surface area contributed by atoms with Crippen LogP contribution in [0.2, 0.25) is 0 Å². The van der Waals surface area contributed by atoms with E-state index < -0.39 is 0 Å². The minimum atomic E-state index is -0.302. The van der Waals surface area contributed by atoms with Gasteiger partial charge in [-0.15, -0.1) is 0 Å². The molecule has 0 aromatic heterocycles. The van der Waals surface area contributed by atoms with Gasteiger partial charge in [-0.2, -0.15) is 0 Å². The van der Waals surface area contributed by atoms with Crippen molar-refractivity contribution in [2.75, 3.05) is 18.4 Å². The van der Waals surface area contributed by atoms with Crippen LogP contribution in [0.1, 0.15) is 12.0 Å². The molecule has 96 valence electrons. The van der Waals surface area contributed by atoms with Crippen LogP contribution >= 0.6 is 0 Å². The second kappa shape index (κ2) is 5.64. The van der Waals surface area contributed by atoms with Crippen LogP contribution < -0.4 is 16.0 Å². The number of carbonyl (C=O) groups excluding carboxylic acids is 2. The van der Waals surface area contributed by atoms with Gasteiger partial charge in [0.05, 0.1) is 19.5 Å². The van der Waals surface area contributed by atoms with E-state index in [4.69, 9.17) is 0 Å². The Bertz CT molecular complexity index is 459. The Labute approximate surface area is 106 Å². The monoisotopic (exact) mass is 248 g/mol. The number of benzene rings is 1. The van der Waals surface area contributed by atoms with E-state index in [1.54, 1.807) is 0 Å². The number of carbonyl (C=O) groups is 2. The number of hydrogen-bond acceptors (Lipinski definition) is 2. The van der Waals surface area contributed by atoms with Crippen LogP contribution in [0.3, 0.4) is 0 Å². The standard InChI is InChI=1S/C13H17N3O2/c1-9-3-2-4-10(7-9)16-12(17)8-11-13(18)15-6-5-14-11/h2-4,7,11,14H,5-6,8H2,1H3,(H,15,18)(H,16,17)/p+1/t11-/m1/s1. The fourth-order valence-corrected chi connectivity index (χ4v) is 2.03. The summed E-state index contributed by atoms with van der Waals surface area (Å²) in [5.74, 6) is -0.181. The highest BCUT2D eigenvalue weighted by Crippen LogP contribution is 2.09. The van der Waals surface area contributed by atoms with Gasteiger partial charge in [-0.25, -0.2) is 0 Å². The molecule has 5 heteroatoms. The predicted molar refractivity (Wildman–Crippen MR) is 68.0 cm³/mol. The lowest BCUT2D eigenvalue weighted by Gasteiger charge is -2.19. The second-order valence-electron chi connectivity index (χ2n) is 4.54. The van der Waals surface area contributed by atoms with E-state index in [0.717, 1.165) is 17.8 Å². The molecule has 1 atom stereocenters. The molecule has 0 unspecified atom stereocenters. The van der Waals surface area contributed by atoms with Crippen molar-refractivity contribution in [2.45, 2.75) is 19.4 Å². The summed E-state index contributed by atoms with van der Waals surface area (Å²) in [4.78, 5) is 23.3. The molecule has 2 amide bonds. The van der Waals surface area contributed by atoms with Gasteiger partial charge in [-0.1, -0.05) is 12.1 Å². The molecular weight excluding hydrogens is 230 g/mol. The second-order valence-corrected chi connectivity index (χ2v) is 4.54. The molecule has 0 saturated carbocycles. The molecule has 1 aromatic rings. The maximum atomic E-state index is 11.8. The van der Waals surface area contributed by atoms with E-state index in [0.29, 0.717) is 6.54 Å². The van der Waals surface area contributed by atoms with Crippen molar-refractivity contribution in [1.82, 2.24) is 5.32 Å². The molecule has 1 saturated heterocycles. The van der Waals surface area contributed by atoms with Crippen molar-refractivity contribution in [3.05, 3.63) is 29.8 Å². The molecule has 18 heavy (non-hydrogen) atoms. The molecule has 5 nitrogen and oxygen atoms in total. The highest BCUT2D eigenvalue weighted by molar-refractivity contribution is 5.94. The summed E-state index contributed by atoms with van der Waals surface area (Å²) < 4.78 is 0. The van der Waals surface area contributed by atoms with Crippen molar-refractivity contribution in [2.24, 2.45) is 0 Å². The molecule has 1 aliphatic rings. The summed E-state index contributed by atoms with van der Waals surface area (Å²) in [5, 5.41) is 7.48. The molecule has 0 spiro atoms. The largest absolute Gasteiger partial charge is 0.345 e. The van der Waals surface area contributed by atoms with Crippen LogP contribution in [0, 0.1) is 6.92 Å². The summed E-state index contributed by atoms with van der Waals surface area (Å²) in [5.41, 5.74) is 1.87. The Morgan fingerprint density at radius 1 is 1.56 bits per heavy atom. The van der Waals surface area contributed by atoms with Gasteiger partial charge in [0.15, 0.2) is 6.04 Å². The number of amides is 2. The van der Waals surface area contributed by atoms with E-state index in [1.807, 2.05) is 36.5 Å². The van der Waals surface area contributed by atoms with Crippen LogP contribution in [0.25, 0.3) is 0 Å². The number of quaternary nitrogens is 1. The third-order valence-electron chi connectivity index (χ3n) is 2.94. The van der Waals surface area contributed by atoms with Gasteiger partial charge in [0.1, 0.15) is 0 Å². The van der Waals surface area contributed by atoms with Crippen LogP contribution in [-0.2, 0) is 9.59 Å². The van der Waals surface area contributed by atoms with Crippen LogP contribution in [0.5, 0.6) is 0 Å². The molecule has 2 rings (SSSR count). The topological polar surface area (TPSA) is 74.8 Å². The molecule has 4 N–H and O–H groups in total. The number of nitrogens with one attached hydrogen (secondary N) is 2. The number of rotatable bonds is 3. The van der Waals surface area contributed by atoms with Gasteiger partial charge in [-0.3, -0.25) is 9.59 Å². The van der Waals surface area contributed by atoms with Gasteiger partial charge in [0, 0.05) is 5.69 Å². The van der Waals surface area contributed by atoms with Crippen LogP contribution in [0.15, 0.2) is 24.3 Å². The van der Waals surface area contributed by atoms with Gasteiger partial charge in [0.25, 0.3) is 5.91 Å². The van der Waals surface area contributed by atoms with Crippen LogP contribution in [-0.4, -0.2) is 30.9 Å². The molecular formula is C13H18N3O2+. The lowest BCUT2D eigenvalue weighted by atomic mass is 10.1. The van der Waals surface area contributed by atoms with Gasteiger partial charge >= 0.3 is 0 Å². The van der Waals surface area contributed by atoms with Crippen molar-refractivity contribution in [3.8, 4) is 0 Å². The first kappa shape index (κ1) is 12.6. The third-order valence-corrected chi connectivity index (χ3v) is 2.94. The maximum absolute atomic E-state index is 11.8. The molecule has 0 radical (unpaired) electrons. The number of aryl methyl sites for hydroxylation is 1. The van der Waals surface area contributed by atoms with Crippen molar-refractivity contribution >= 4 is 17.5 Å². The van der Waals surface area contributed by atoms with Gasteiger partial charge in [0.2, 0.25) is 5.91 Å². The zero-order valence-corrected chi connectivity index (χ0v) is 10.4. The minimum absolute atomic E-state index is 0.0550. The van der Waals surface area contributed by atoms with Crippen LogP contribution in [0.4, 0.5) is 5.69 Å². The summed E-state index contributed by atoms with van der Waals surface area (Å²) in [6, 6.07) is 7.31. The molecule has 0 bridgehead atoms. The summed E-state index contributed by atoms with van der Waals surface area (Å²) in [7, 11) is 0. The predicted octanol–water partition coefficient (Wildman–Crippen LogP) is -0.615. The normalized spacial score (nSPS) is 19.2. The first-order chi connectivity index (χ1) is 8.65. The third kappa shape index (κ3) is 3.30. The average molecular weight is 248 g/mol. The zero-order chi connectivity index (χ0) is 13.0. The minimum Gasteiger partial charge on any atom is -0.345 e. The summed E-state index contributed by atoms with van der Waals surface area (Å²) in [6.45, 7) is 3.47. The van der Waals surface area contributed by atoms with E-state index in [1.165, 1.54) is 0 Å². The molecule has 1 aromatic carbocycles. The first-order valence-corrected chi connectivity index (χ1v) is 6.13. The quantitative estimate of drug-likeness (QED) is 0.667. The Balaban J connectivity index is 1.90. The van der Waals surface area contributed by atoms with E-state index >= 15 is 0 Å². The SMILES string of the molecule is Cc1cccc(NC(=O)C[C@H]2[NH2+]CCNC2=O)c1. The highest BCUT2D eigenvalue weighted by Gasteiger charge is 2.27. The first-order valence-electron chi connectivity index (χ1n) is 6.13. The summed E-state index contributed by atoms with van der Waals surface area (Å²) in [6.07, 6.45) is 0.208. The Hall–Kier alpha value is -1.88. The lowest BCUT2D eigenvalue weighted by Crippen LogP contribution is -2.96. The van der Waals surface area contributed by atoms with Gasteiger partial charge < -0.3 is 16.0 Å². The van der Waals surface area contributed by atoms with E-state index in [9.17, 15) is 9.59 Å². The number of nitrogens with two attached hydrogens (primary N) is 1. The number of piperazine rings is 1.